The van der Waals surface area contributed by atoms with Crippen molar-refractivity contribution < 1.29 is 56.2 Å². The number of hydrogen-bond donors (Lipinski definition) is 4. The fraction of sp³-hybridized carbons (Fsp3) is 0.976. The molecule has 1 aliphatic rings. The third-order valence-electron chi connectivity index (χ3n) is 10.5. The van der Waals surface area contributed by atoms with Gasteiger partial charge in [-0.25, -0.2) is 4.18 Å². The van der Waals surface area contributed by atoms with E-state index in [1.807, 2.05) is 0 Å². The quantitative estimate of drug-likeness (QED) is 0.0264. The van der Waals surface area contributed by atoms with Crippen LogP contribution in [0.1, 0.15) is 200 Å². The molecule has 55 heavy (non-hydrogen) atoms. The summed E-state index contributed by atoms with van der Waals surface area (Å²) in [5.41, 5.74) is 0. The molecule has 12 nitrogen and oxygen atoms in total. The Morgan fingerprint density at radius 3 is 1.45 bits per heavy atom. The first-order chi connectivity index (χ1) is 26.6. The Balaban J connectivity index is 2.39. The average Bonchev–Trinajstić information content (AvgIpc) is 3.15. The molecule has 6 atom stereocenters. The fourth-order valence-electron chi connectivity index (χ4n) is 7.09. The van der Waals surface area contributed by atoms with E-state index in [-0.39, 0.29) is 19.6 Å². The SMILES string of the molecule is CCCCCCCCCCCCCCCCCCCCC(=O)OC(COCCCCCCCCCCCC)COC1OC(CO)C(O)C(OS(=O)(=O)O)C1O. The van der Waals surface area contributed by atoms with Gasteiger partial charge < -0.3 is 34.3 Å². The molecule has 0 amide bonds. The Labute approximate surface area is 335 Å². The van der Waals surface area contributed by atoms with Crippen LogP contribution in [-0.4, -0.2) is 97.5 Å². The summed E-state index contributed by atoms with van der Waals surface area (Å²) in [5.74, 6) is -0.394. The van der Waals surface area contributed by atoms with Crippen LogP contribution in [0.4, 0.5) is 0 Å². The summed E-state index contributed by atoms with van der Waals surface area (Å²) in [6, 6.07) is 0. The summed E-state index contributed by atoms with van der Waals surface area (Å²) < 4.78 is 58.9. The van der Waals surface area contributed by atoms with Gasteiger partial charge in [0.1, 0.15) is 30.5 Å². The predicted molar refractivity (Wildman–Crippen MR) is 216 cm³/mol. The second-order valence-electron chi connectivity index (χ2n) is 15.7. The topological polar surface area (TPSA) is 178 Å². The molecule has 1 heterocycles. The minimum absolute atomic E-state index is 0.0438. The van der Waals surface area contributed by atoms with Crippen molar-refractivity contribution in [3.05, 3.63) is 0 Å². The normalized spacial score (nSPS) is 20.9. The molecule has 0 radical (unpaired) electrons. The molecule has 0 saturated carbocycles. The van der Waals surface area contributed by atoms with E-state index in [9.17, 15) is 28.5 Å². The molecular formula is C42H82O12S. The summed E-state index contributed by atoms with van der Waals surface area (Å²) in [6.45, 7) is 4.01. The number of ether oxygens (including phenoxy) is 4. The highest BCUT2D eigenvalue weighted by Gasteiger charge is 2.48. The first-order valence-corrected chi connectivity index (χ1v) is 23.7. The van der Waals surface area contributed by atoms with E-state index in [1.165, 1.54) is 135 Å². The van der Waals surface area contributed by atoms with Gasteiger partial charge in [-0.15, -0.1) is 0 Å². The number of rotatable bonds is 39. The van der Waals surface area contributed by atoms with Crippen LogP contribution in [0.15, 0.2) is 0 Å². The van der Waals surface area contributed by atoms with Crippen LogP contribution >= 0.6 is 0 Å². The molecule has 1 saturated heterocycles. The third kappa shape index (κ3) is 29.0. The van der Waals surface area contributed by atoms with Crippen LogP contribution in [0, 0.1) is 0 Å². The molecule has 6 unspecified atom stereocenters. The lowest BCUT2D eigenvalue weighted by Crippen LogP contribution is -2.60. The zero-order chi connectivity index (χ0) is 40.4. The minimum Gasteiger partial charge on any atom is -0.457 e. The van der Waals surface area contributed by atoms with Gasteiger partial charge in [0.05, 0.1) is 19.8 Å². The highest BCUT2D eigenvalue weighted by Crippen LogP contribution is 2.26. The molecule has 1 aliphatic heterocycles. The molecule has 1 fully saturated rings. The summed E-state index contributed by atoms with van der Waals surface area (Å²) in [6.07, 6.45) is 25.7. The summed E-state index contributed by atoms with van der Waals surface area (Å²) >= 11 is 0. The van der Waals surface area contributed by atoms with E-state index in [4.69, 9.17) is 23.5 Å². The van der Waals surface area contributed by atoms with E-state index in [2.05, 4.69) is 18.0 Å². The third-order valence-corrected chi connectivity index (χ3v) is 10.9. The smallest absolute Gasteiger partial charge is 0.397 e. The molecule has 0 spiro atoms. The Bertz CT molecular complexity index is 984. The number of carbonyl (C=O) groups excluding carboxylic acids is 1. The number of aliphatic hydroxyl groups excluding tert-OH is 3. The lowest BCUT2D eigenvalue weighted by Gasteiger charge is -2.41. The second-order valence-corrected chi connectivity index (χ2v) is 16.7. The average molecular weight is 811 g/mol. The van der Waals surface area contributed by atoms with Crippen molar-refractivity contribution in [3.8, 4) is 0 Å². The van der Waals surface area contributed by atoms with Crippen LogP contribution in [0.5, 0.6) is 0 Å². The summed E-state index contributed by atoms with van der Waals surface area (Å²) in [5, 5.41) is 30.6. The van der Waals surface area contributed by atoms with Gasteiger partial charge in [0.25, 0.3) is 0 Å². The van der Waals surface area contributed by atoms with Crippen molar-refractivity contribution in [2.24, 2.45) is 0 Å². The van der Waals surface area contributed by atoms with Gasteiger partial charge in [0.2, 0.25) is 0 Å². The van der Waals surface area contributed by atoms with Crippen LogP contribution in [-0.2, 0) is 38.3 Å². The molecule has 13 heteroatoms. The van der Waals surface area contributed by atoms with E-state index >= 15 is 0 Å². The van der Waals surface area contributed by atoms with E-state index in [0.29, 0.717) is 13.0 Å². The molecule has 0 aromatic heterocycles. The Morgan fingerprint density at radius 1 is 0.618 bits per heavy atom. The number of unbranched alkanes of at least 4 members (excludes halogenated alkanes) is 26. The highest BCUT2D eigenvalue weighted by atomic mass is 32.3. The molecule has 1 rings (SSSR count). The molecule has 0 bridgehead atoms. The van der Waals surface area contributed by atoms with E-state index < -0.39 is 59.8 Å². The molecular weight excluding hydrogens is 729 g/mol. The van der Waals surface area contributed by atoms with Crippen LogP contribution in [0.2, 0.25) is 0 Å². The van der Waals surface area contributed by atoms with Crippen molar-refractivity contribution in [1.29, 1.82) is 0 Å². The largest absolute Gasteiger partial charge is 0.457 e. The van der Waals surface area contributed by atoms with Crippen molar-refractivity contribution in [2.45, 2.75) is 237 Å². The van der Waals surface area contributed by atoms with Crippen molar-refractivity contribution >= 4 is 16.4 Å². The van der Waals surface area contributed by atoms with Gasteiger partial charge in [-0.05, 0) is 12.8 Å². The minimum atomic E-state index is -5.05. The number of esters is 1. The van der Waals surface area contributed by atoms with Gasteiger partial charge in [-0.2, -0.15) is 8.42 Å². The van der Waals surface area contributed by atoms with Gasteiger partial charge >= 0.3 is 16.4 Å². The first-order valence-electron chi connectivity index (χ1n) is 22.3. The summed E-state index contributed by atoms with van der Waals surface area (Å²) in [7, 11) is -5.05. The van der Waals surface area contributed by atoms with Gasteiger partial charge in [0.15, 0.2) is 6.29 Å². The number of hydrogen-bond acceptors (Lipinski definition) is 11. The molecule has 4 N–H and O–H groups in total. The van der Waals surface area contributed by atoms with Crippen molar-refractivity contribution in [1.82, 2.24) is 0 Å². The molecule has 328 valence electrons. The molecule has 0 aromatic carbocycles. The fourth-order valence-corrected chi connectivity index (χ4v) is 7.59. The van der Waals surface area contributed by atoms with E-state index in [0.717, 1.165) is 38.5 Å². The second kappa shape index (κ2) is 35.1. The maximum atomic E-state index is 12.8. The maximum absolute atomic E-state index is 12.8. The Hall–Kier alpha value is -0.900. The zero-order valence-corrected chi connectivity index (χ0v) is 35.6. The van der Waals surface area contributed by atoms with Crippen molar-refractivity contribution in [2.75, 3.05) is 26.4 Å². The predicted octanol–water partition coefficient (Wildman–Crippen LogP) is 8.91. The maximum Gasteiger partial charge on any atom is 0.397 e. The first kappa shape index (κ1) is 52.1. The van der Waals surface area contributed by atoms with Gasteiger partial charge in [-0.1, -0.05) is 181 Å². The van der Waals surface area contributed by atoms with Crippen LogP contribution in [0.3, 0.4) is 0 Å². The van der Waals surface area contributed by atoms with Crippen molar-refractivity contribution in [3.63, 3.8) is 0 Å². The van der Waals surface area contributed by atoms with Gasteiger partial charge in [-0.3, -0.25) is 9.35 Å². The molecule has 0 aromatic rings. The lowest BCUT2D eigenvalue weighted by atomic mass is 9.99. The number of aliphatic hydroxyl groups is 3. The van der Waals surface area contributed by atoms with Gasteiger partial charge in [0, 0.05) is 13.0 Å². The lowest BCUT2D eigenvalue weighted by molar-refractivity contribution is -0.301. The van der Waals surface area contributed by atoms with E-state index in [1.54, 1.807) is 0 Å². The standard InChI is InChI=1S/C42H82O12S/c1-3-5-7-9-11-13-15-16-17-18-19-20-21-22-23-25-27-29-31-38(44)52-36(34-50-32-30-28-26-24-14-12-10-8-6-4-2)35-51-42-40(46)41(54-55(47,48)49)39(45)37(33-43)53-42/h36-37,39-43,45-46H,3-35H2,1-2H3,(H,47,48,49). The molecule has 0 aliphatic carbocycles. The summed E-state index contributed by atoms with van der Waals surface area (Å²) in [4.78, 5) is 12.8. The Morgan fingerprint density at radius 2 is 1.04 bits per heavy atom. The Kier molecular flexibility index (Phi) is 33.2. The number of carbonyl (C=O) groups is 1. The zero-order valence-electron chi connectivity index (χ0n) is 34.8. The monoisotopic (exact) mass is 811 g/mol. The van der Waals surface area contributed by atoms with Crippen LogP contribution in [0.25, 0.3) is 0 Å². The highest BCUT2D eigenvalue weighted by molar-refractivity contribution is 7.80. The van der Waals surface area contributed by atoms with Crippen LogP contribution < -0.4 is 0 Å².